The van der Waals surface area contributed by atoms with E-state index in [1.54, 1.807) is 7.11 Å². The number of ether oxygens (including phenoxy) is 1. The van der Waals surface area contributed by atoms with Gasteiger partial charge < -0.3 is 20.5 Å². The minimum Gasteiger partial charge on any atom is -0.479 e. The SMILES string of the molecule is COCCCNC(=O)NC1(C(=O)O)C(C)CCCC1C. The van der Waals surface area contributed by atoms with Gasteiger partial charge >= 0.3 is 12.0 Å². The number of carbonyl (C=O) groups is 2. The predicted molar refractivity (Wildman–Crippen MR) is 75.6 cm³/mol. The van der Waals surface area contributed by atoms with E-state index in [9.17, 15) is 14.7 Å². The number of carboxylic acid groups (broad SMARTS) is 1. The van der Waals surface area contributed by atoms with E-state index in [0.29, 0.717) is 19.6 Å². The largest absolute Gasteiger partial charge is 0.479 e. The zero-order valence-corrected chi connectivity index (χ0v) is 12.6. The van der Waals surface area contributed by atoms with E-state index in [0.717, 1.165) is 19.3 Å². The van der Waals surface area contributed by atoms with Crippen LogP contribution in [0.1, 0.15) is 39.5 Å². The van der Waals surface area contributed by atoms with Gasteiger partial charge in [0.25, 0.3) is 0 Å². The molecule has 1 aliphatic carbocycles. The molecule has 0 bridgehead atoms. The molecule has 20 heavy (non-hydrogen) atoms. The van der Waals surface area contributed by atoms with Gasteiger partial charge in [-0.3, -0.25) is 0 Å². The number of urea groups is 1. The molecule has 1 rings (SSSR count). The Morgan fingerprint density at radius 1 is 1.30 bits per heavy atom. The van der Waals surface area contributed by atoms with Crippen LogP contribution in [-0.2, 0) is 9.53 Å². The minimum absolute atomic E-state index is 0.0755. The average molecular weight is 286 g/mol. The molecule has 0 saturated heterocycles. The van der Waals surface area contributed by atoms with Crippen LogP contribution < -0.4 is 10.6 Å². The third-order valence-electron chi connectivity index (χ3n) is 4.31. The van der Waals surface area contributed by atoms with Gasteiger partial charge in [-0.05, 0) is 31.1 Å². The fraction of sp³-hybridized carbons (Fsp3) is 0.857. The number of hydrogen-bond acceptors (Lipinski definition) is 3. The lowest BCUT2D eigenvalue weighted by Crippen LogP contribution is -2.65. The zero-order valence-electron chi connectivity index (χ0n) is 12.6. The van der Waals surface area contributed by atoms with Crippen molar-refractivity contribution in [1.82, 2.24) is 10.6 Å². The Kier molecular flexibility index (Phi) is 6.26. The first-order valence-corrected chi connectivity index (χ1v) is 7.23. The van der Waals surface area contributed by atoms with Crippen LogP contribution in [0.15, 0.2) is 0 Å². The third kappa shape index (κ3) is 3.62. The van der Waals surface area contributed by atoms with Gasteiger partial charge in [0.15, 0.2) is 0 Å². The Labute approximate surface area is 120 Å². The first kappa shape index (κ1) is 16.8. The number of aliphatic carboxylic acids is 1. The molecule has 0 aromatic heterocycles. The Balaban J connectivity index is 2.66. The Bertz CT molecular complexity index is 336. The van der Waals surface area contributed by atoms with Crippen LogP contribution in [0.2, 0.25) is 0 Å². The summed E-state index contributed by atoms with van der Waals surface area (Å²) in [5.74, 6) is -1.09. The van der Waals surface area contributed by atoms with Gasteiger partial charge in [-0.1, -0.05) is 20.3 Å². The fourth-order valence-electron chi connectivity index (χ4n) is 3.04. The summed E-state index contributed by atoms with van der Waals surface area (Å²) in [7, 11) is 1.60. The molecule has 0 aliphatic heterocycles. The lowest BCUT2D eigenvalue weighted by Gasteiger charge is -2.44. The van der Waals surface area contributed by atoms with Gasteiger partial charge in [0.1, 0.15) is 5.54 Å². The van der Waals surface area contributed by atoms with Gasteiger partial charge in [0, 0.05) is 20.3 Å². The molecule has 2 atom stereocenters. The van der Waals surface area contributed by atoms with Crippen LogP contribution in [-0.4, -0.2) is 42.9 Å². The van der Waals surface area contributed by atoms with Crippen LogP contribution in [0.25, 0.3) is 0 Å². The molecule has 0 aromatic carbocycles. The number of amides is 2. The van der Waals surface area contributed by atoms with Gasteiger partial charge in [-0.25, -0.2) is 9.59 Å². The quantitative estimate of drug-likeness (QED) is 0.647. The van der Waals surface area contributed by atoms with E-state index in [1.807, 2.05) is 13.8 Å². The molecule has 3 N–H and O–H groups in total. The van der Waals surface area contributed by atoms with Crippen molar-refractivity contribution in [2.45, 2.75) is 45.1 Å². The molecule has 1 aliphatic rings. The number of carboxylic acids is 1. The normalized spacial score (nSPS) is 29.8. The van der Waals surface area contributed by atoms with Crippen molar-refractivity contribution < 1.29 is 19.4 Å². The summed E-state index contributed by atoms with van der Waals surface area (Å²) in [5, 5.41) is 15.0. The minimum atomic E-state index is -1.16. The topological polar surface area (TPSA) is 87.7 Å². The van der Waals surface area contributed by atoms with Crippen molar-refractivity contribution >= 4 is 12.0 Å². The highest BCUT2D eigenvalue weighted by molar-refractivity contribution is 5.87. The smallest absolute Gasteiger partial charge is 0.330 e. The summed E-state index contributed by atoms with van der Waals surface area (Å²) in [6, 6.07) is -0.413. The van der Waals surface area contributed by atoms with Crippen molar-refractivity contribution in [2.75, 3.05) is 20.3 Å². The Morgan fingerprint density at radius 3 is 2.40 bits per heavy atom. The van der Waals surface area contributed by atoms with Gasteiger partial charge in [0.2, 0.25) is 0 Å². The second-order valence-electron chi connectivity index (χ2n) is 5.63. The highest BCUT2D eigenvalue weighted by Crippen LogP contribution is 2.38. The maximum Gasteiger partial charge on any atom is 0.330 e. The monoisotopic (exact) mass is 286 g/mol. The second-order valence-corrected chi connectivity index (χ2v) is 5.63. The van der Waals surface area contributed by atoms with Crippen LogP contribution in [0, 0.1) is 11.8 Å². The molecule has 0 spiro atoms. The summed E-state index contributed by atoms with van der Waals surface area (Å²) in [6.45, 7) is 4.83. The van der Waals surface area contributed by atoms with Crippen molar-refractivity contribution in [3.05, 3.63) is 0 Å². The lowest BCUT2D eigenvalue weighted by molar-refractivity contribution is -0.151. The molecule has 0 radical (unpaired) electrons. The summed E-state index contributed by atoms with van der Waals surface area (Å²) in [5.41, 5.74) is -1.16. The van der Waals surface area contributed by atoms with E-state index in [-0.39, 0.29) is 11.8 Å². The van der Waals surface area contributed by atoms with Crippen molar-refractivity contribution in [1.29, 1.82) is 0 Å². The molecule has 2 amide bonds. The van der Waals surface area contributed by atoms with Crippen LogP contribution in [0.4, 0.5) is 4.79 Å². The fourth-order valence-corrected chi connectivity index (χ4v) is 3.04. The van der Waals surface area contributed by atoms with E-state index < -0.39 is 17.5 Å². The maximum atomic E-state index is 11.9. The van der Waals surface area contributed by atoms with E-state index in [1.165, 1.54) is 0 Å². The highest BCUT2D eigenvalue weighted by Gasteiger charge is 2.51. The zero-order chi connectivity index (χ0) is 15.2. The van der Waals surface area contributed by atoms with E-state index >= 15 is 0 Å². The van der Waals surface area contributed by atoms with Crippen molar-refractivity contribution in [3.8, 4) is 0 Å². The summed E-state index contributed by atoms with van der Waals surface area (Å²) in [6.07, 6.45) is 3.35. The average Bonchev–Trinajstić information content (AvgIpc) is 2.39. The predicted octanol–water partition coefficient (Wildman–Crippen LogP) is 1.60. The van der Waals surface area contributed by atoms with Crippen LogP contribution in [0.3, 0.4) is 0 Å². The molecular weight excluding hydrogens is 260 g/mol. The maximum absolute atomic E-state index is 11.9. The summed E-state index contributed by atoms with van der Waals surface area (Å²) < 4.78 is 4.90. The van der Waals surface area contributed by atoms with Crippen molar-refractivity contribution in [2.24, 2.45) is 11.8 Å². The number of hydrogen-bond donors (Lipinski definition) is 3. The van der Waals surface area contributed by atoms with Crippen LogP contribution in [0.5, 0.6) is 0 Å². The standard InChI is InChI=1S/C14H26N2O4/c1-10-6-4-7-11(2)14(10,12(17)18)16-13(19)15-8-5-9-20-3/h10-11H,4-9H2,1-3H3,(H,17,18)(H2,15,16,19). The molecular formula is C14H26N2O4. The van der Waals surface area contributed by atoms with Crippen LogP contribution >= 0.6 is 0 Å². The highest BCUT2D eigenvalue weighted by atomic mass is 16.5. The molecule has 0 heterocycles. The number of nitrogens with one attached hydrogen (secondary N) is 2. The Hall–Kier alpha value is -1.30. The van der Waals surface area contributed by atoms with E-state index in [4.69, 9.17) is 4.74 Å². The molecule has 116 valence electrons. The molecule has 6 heteroatoms. The van der Waals surface area contributed by atoms with Gasteiger partial charge in [-0.2, -0.15) is 0 Å². The lowest BCUT2D eigenvalue weighted by atomic mass is 9.67. The second kappa shape index (κ2) is 7.47. The van der Waals surface area contributed by atoms with Gasteiger partial charge in [0.05, 0.1) is 0 Å². The summed E-state index contributed by atoms with van der Waals surface area (Å²) in [4.78, 5) is 23.7. The van der Waals surface area contributed by atoms with Crippen molar-refractivity contribution in [3.63, 3.8) is 0 Å². The number of methoxy groups -OCH3 is 1. The molecule has 1 saturated carbocycles. The number of carbonyl (C=O) groups excluding carboxylic acids is 1. The Morgan fingerprint density at radius 2 is 1.90 bits per heavy atom. The molecule has 6 nitrogen and oxygen atoms in total. The molecule has 2 unspecified atom stereocenters. The first-order valence-electron chi connectivity index (χ1n) is 7.23. The van der Waals surface area contributed by atoms with Gasteiger partial charge in [-0.15, -0.1) is 0 Å². The summed E-state index contributed by atoms with van der Waals surface area (Å²) >= 11 is 0. The van der Waals surface area contributed by atoms with E-state index in [2.05, 4.69) is 10.6 Å². The third-order valence-corrected chi connectivity index (χ3v) is 4.31. The first-order chi connectivity index (χ1) is 9.45. The molecule has 1 fully saturated rings. The number of rotatable bonds is 6. The molecule has 0 aromatic rings.